The second-order valence-electron chi connectivity index (χ2n) is 10.4. The monoisotopic (exact) mass is 458 g/mol. The van der Waals surface area contributed by atoms with Crippen LogP contribution < -0.4 is 5.32 Å². The highest BCUT2D eigenvalue weighted by Gasteiger charge is 2.33. The molecule has 2 N–H and O–H groups in total. The number of fused-ring (bicyclic) bond motifs is 2. The van der Waals surface area contributed by atoms with Crippen molar-refractivity contribution >= 4 is 16.7 Å². The summed E-state index contributed by atoms with van der Waals surface area (Å²) in [7, 11) is 0. The Morgan fingerprint density at radius 2 is 1.88 bits per heavy atom. The molecular weight excluding hydrogens is 424 g/mol. The van der Waals surface area contributed by atoms with Gasteiger partial charge in [0.05, 0.1) is 16.7 Å². The molecule has 0 atom stereocenters. The first-order valence-electron chi connectivity index (χ1n) is 12.7. The molecule has 6 rings (SSSR count). The highest BCUT2D eigenvalue weighted by Crippen LogP contribution is 2.40. The molecule has 2 fully saturated rings. The molecule has 34 heavy (non-hydrogen) atoms. The Kier molecular flexibility index (Phi) is 5.41. The third kappa shape index (κ3) is 3.62. The topological polar surface area (TPSA) is 80.1 Å². The fourth-order valence-corrected chi connectivity index (χ4v) is 5.75. The van der Waals surface area contributed by atoms with Gasteiger partial charge in [0.15, 0.2) is 5.65 Å². The molecule has 0 unspecified atom stereocenters. The zero-order chi connectivity index (χ0) is 23.4. The van der Waals surface area contributed by atoms with Crippen molar-refractivity contribution in [1.82, 2.24) is 29.9 Å². The summed E-state index contributed by atoms with van der Waals surface area (Å²) in [5.74, 6) is 0.887. The van der Waals surface area contributed by atoms with E-state index in [1.54, 1.807) is 6.33 Å². The molecule has 5 heterocycles. The Bertz CT molecular complexity index is 1340. The van der Waals surface area contributed by atoms with Gasteiger partial charge in [-0.25, -0.2) is 9.50 Å². The van der Waals surface area contributed by atoms with Crippen LogP contribution in [0, 0.1) is 13.8 Å². The van der Waals surface area contributed by atoms with Crippen LogP contribution in [-0.4, -0.2) is 49.9 Å². The van der Waals surface area contributed by atoms with Gasteiger partial charge in [-0.05, 0) is 68.7 Å². The van der Waals surface area contributed by atoms with E-state index in [1.165, 1.54) is 35.2 Å². The van der Waals surface area contributed by atoms with Crippen LogP contribution in [0.3, 0.4) is 0 Å². The predicted molar refractivity (Wildman–Crippen MR) is 134 cm³/mol. The Balaban J connectivity index is 1.32. The van der Waals surface area contributed by atoms with E-state index in [9.17, 15) is 0 Å². The SMILES string of the molecule is Cc1c(-c2[nH]c3ccc(C4CC(NC5CCOCC5)C4)nc3c2C(C)C)cn2ncnc2c1C. The first-order valence-corrected chi connectivity index (χ1v) is 12.7. The number of rotatable bonds is 5. The fourth-order valence-electron chi connectivity index (χ4n) is 5.75. The Morgan fingerprint density at radius 1 is 1.09 bits per heavy atom. The molecule has 1 saturated heterocycles. The van der Waals surface area contributed by atoms with Crippen LogP contribution >= 0.6 is 0 Å². The zero-order valence-electron chi connectivity index (χ0n) is 20.6. The predicted octanol–water partition coefficient (Wildman–Crippen LogP) is 5.03. The highest BCUT2D eigenvalue weighted by molar-refractivity contribution is 5.89. The van der Waals surface area contributed by atoms with Crippen LogP contribution in [0.5, 0.6) is 0 Å². The van der Waals surface area contributed by atoms with E-state index in [1.807, 2.05) is 4.52 Å². The third-order valence-electron chi connectivity index (χ3n) is 7.92. The van der Waals surface area contributed by atoms with Crippen LogP contribution in [0.1, 0.15) is 73.8 Å². The molecule has 0 amide bonds. The molecule has 0 radical (unpaired) electrons. The molecule has 4 aromatic heterocycles. The lowest BCUT2D eigenvalue weighted by Crippen LogP contribution is -2.47. The number of nitrogens with one attached hydrogen (secondary N) is 2. The average molecular weight is 459 g/mol. The summed E-state index contributed by atoms with van der Waals surface area (Å²) < 4.78 is 7.38. The van der Waals surface area contributed by atoms with E-state index >= 15 is 0 Å². The van der Waals surface area contributed by atoms with Crippen molar-refractivity contribution in [2.45, 2.75) is 77.3 Å². The van der Waals surface area contributed by atoms with Crippen molar-refractivity contribution in [3.05, 3.63) is 47.0 Å². The molecule has 1 saturated carbocycles. The molecule has 1 aliphatic carbocycles. The molecule has 1 aliphatic heterocycles. The van der Waals surface area contributed by atoms with Gasteiger partial charge in [-0.3, -0.25) is 4.98 Å². The van der Waals surface area contributed by atoms with E-state index in [4.69, 9.17) is 9.72 Å². The molecule has 0 spiro atoms. The highest BCUT2D eigenvalue weighted by atomic mass is 16.5. The van der Waals surface area contributed by atoms with Gasteiger partial charge in [-0.1, -0.05) is 13.8 Å². The van der Waals surface area contributed by atoms with Gasteiger partial charge in [-0.2, -0.15) is 5.10 Å². The maximum absolute atomic E-state index is 5.50. The van der Waals surface area contributed by atoms with Gasteiger partial charge in [0.25, 0.3) is 0 Å². The lowest BCUT2D eigenvalue weighted by Gasteiger charge is -2.39. The Hall–Kier alpha value is -2.77. The summed E-state index contributed by atoms with van der Waals surface area (Å²) in [6.45, 7) is 10.6. The quantitative estimate of drug-likeness (QED) is 0.439. The lowest BCUT2D eigenvalue weighted by molar-refractivity contribution is 0.0696. The summed E-state index contributed by atoms with van der Waals surface area (Å²) in [6, 6.07) is 5.67. The summed E-state index contributed by atoms with van der Waals surface area (Å²) in [4.78, 5) is 13.4. The smallest absolute Gasteiger partial charge is 0.158 e. The normalized spacial score (nSPS) is 21.6. The summed E-state index contributed by atoms with van der Waals surface area (Å²) in [5.41, 5.74) is 10.4. The number of hydrogen-bond acceptors (Lipinski definition) is 5. The first-order chi connectivity index (χ1) is 16.5. The van der Waals surface area contributed by atoms with Crippen molar-refractivity contribution in [1.29, 1.82) is 0 Å². The molecular formula is C27H34N6O. The van der Waals surface area contributed by atoms with E-state index in [0.29, 0.717) is 23.9 Å². The van der Waals surface area contributed by atoms with Gasteiger partial charge in [0, 0.05) is 54.2 Å². The van der Waals surface area contributed by atoms with Gasteiger partial charge in [0.1, 0.15) is 6.33 Å². The number of aromatic amines is 1. The number of H-pyrrole nitrogens is 1. The number of pyridine rings is 2. The van der Waals surface area contributed by atoms with Gasteiger partial charge < -0.3 is 15.0 Å². The summed E-state index contributed by atoms with van der Waals surface area (Å²) in [5, 5.41) is 8.25. The van der Waals surface area contributed by atoms with Crippen LogP contribution in [0.4, 0.5) is 0 Å². The molecule has 178 valence electrons. The molecule has 0 aromatic carbocycles. The van der Waals surface area contributed by atoms with Gasteiger partial charge in [-0.15, -0.1) is 0 Å². The Morgan fingerprint density at radius 3 is 2.65 bits per heavy atom. The van der Waals surface area contributed by atoms with Crippen LogP contribution in [0.15, 0.2) is 24.7 Å². The third-order valence-corrected chi connectivity index (χ3v) is 7.92. The van der Waals surface area contributed by atoms with Crippen molar-refractivity contribution in [2.75, 3.05) is 13.2 Å². The lowest BCUT2D eigenvalue weighted by atomic mass is 9.77. The summed E-state index contributed by atoms with van der Waals surface area (Å²) >= 11 is 0. The van der Waals surface area contributed by atoms with E-state index in [0.717, 1.165) is 54.0 Å². The van der Waals surface area contributed by atoms with Gasteiger partial charge in [0.2, 0.25) is 0 Å². The molecule has 0 bridgehead atoms. The van der Waals surface area contributed by atoms with Crippen molar-refractivity contribution in [2.24, 2.45) is 0 Å². The molecule has 2 aliphatic rings. The number of aromatic nitrogens is 5. The minimum Gasteiger partial charge on any atom is -0.381 e. The number of hydrogen-bond donors (Lipinski definition) is 2. The molecule has 7 heteroatoms. The second-order valence-corrected chi connectivity index (χ2v) is 10.4. The minimum atomic E-state index is 0.349. The maximum atomic E-state index is 5.50. The van der Waals surface area contributed by atoms with Crippen molar-refractivity contribution < 1.29 is 4.74 Å². The Labute approximate surface area is 200 Å². The number of ether oxygens (including phenoxy) is 1. The van der Waals surface area contributed by atoms with Crippen molar-refractivity contribution in [3.63, 3.8) is 0 Å². The summed E-state index contributed by atoms with van der Waals surface area (Å²) in [6.07, 6.45) is 8.33. The second kappa shape index (κ2) is 8.47. The number of nitrogens with zero attached hydrogens (tertiary/aromatic N) is 4. The van der Waals surface area contributed by atoms with Crippen molar-refractivity contribution in [3.8, 4) is 11.3 Å². The average Bonchev–Trinajstić information content (AvgIpc) is 3.43. The number of aryl methyl sites for hydroxylation is 1. The van der Waals surface area contributed by atoms with E-state index in [2.05, 4.69) is 66.4 Å². The molecule has 4 aromatic rings. The van der Waals surface area contributed by atoms with E-state index in [-0.39, 0.29) is 0 Å². The minimum absolute atomic E-state index is 0.349. The first kappa shape index (κ1) is 21.7. The van der Waals surface area contributed by atoms with Crippen LogP contribution in [-0.2, 0) is 4.74 Å². The zero-order valence-corrected chi connectivity index (χ0v) is 20.6. The molecule has 7 nitrogen and oxygen atoms in total. The van der Waals surface area contributed by atoms with Gasteiger partial charge >= 0.3 is 0 Å². The van der Waals surface area contributed by atoms with Crippen LogP contribution in [0.2, 0.25) is 0 Å². The fraction of sp³-hybridized carbons (Fsp3) is 0.519. The largest absolute Gasteiger partial charge is 0.381 e. The van der Waals surface area contributed by atoms with E-state index < -0.39 is 0 Å². The maximum Gasteiger partial charge on any atom is 0.158 e. The van der Waals surface area contributed by atoms with Crippen LogP contribution in [0.25, 0.3) is 27.9 Å². The standard InChI is InChI=1S/C27H34N6O/c1-15(2)24-25(21-13-33-27(28-14-29-33)17(4)16(21)3)32-23-6-5-22(31-26(23)24)18-11-20(12-18)30-19-7-9-34-10-8-19/h5-6,13-15,18-20,30,32H,7-12H2,1-4H3.